The summed E-state index contributed by atoms with van der Waals surface area (Å²) < 4.78 is 0. The van der Waals surface area contributed by atoms with Crippen LogP contribution in [0.25, 0.3) is 11.2 Å². The lowest BCUT2D eigenvalue weighted by Crippen LogP contribution is -2.06. The summed E-state index contributed by atoms with van der Waals surface area (Å²) in [6.45, 7) is 0.569. The number of aromatic nitrogens is 5. The lowest BCUT2D eigenvalue weighted by atomic mass is 10.3. The maximum atomic E-state index is 4.37. The largest absolute Gasteiger partial charge is 0.371 e. The molecule has 0 atom stereocenters. The third-order valence-electron chi connectivity index (χ3n) is 2.68. The quantitative estimate of drug-likeness (QED) is 0.652. The molecule has 0 bridgehead atoms. The first-order valence-corrected chi connectivity index (χ1v) is 5.89. The molecule has 0 saturated heterocycles. The topological polar surface area (TPSA) is 91.4 Å². The predicted molar refractivity (Wildman–Crippen MR) is 72.8 cm³/mol. The van der Waals surface area contributed by atoms with E-state index in [-0.39, 0.29) is 0 Å². The number of hydrogen-bond donors (Lipinski definition) is 3. The normalized spacial score (nSPS) is 10.6. The summed E-state index contributed by atoms with van der Waals surface area (Å²) in [4.78, 5) is 20.1. The van der Waals surface area contributed by atoms with Gasteiger partial charge in [-0.25, -0.2) is 4.98 Å². The molecule has 0 aliphatic heterocycles. The van der Waals surface area contributed by atoms with Crippen LogP contribution in [0.4, 0.5) is 11.8 Å². The average Bonchev–Trinajstić information content (AvgIpc) is 2.93. The van der Waals surface area contributed by atoms with Crippen molar-refractivity contribution < 1.29 is 0 Å². The summed E-state index contributed by atoms with van der Waals surface area (Å²) in [6.07, 6.45) is 3.36. The number of nitrogens with zero attached hydrogens (tertiary/aromatic N) is 4. The molecular formula is C12H13N7. The van der Waals surface area contributed by atoms with Crippen molar-refractivity contribution in [3.63, 3.8) is 0 Å². The fourth-order valence-electron chi connectivity index (χ4n) is 1.77. The zero-order valence-electron chi connectivity index (χ0n) is 10.4. The van der Waals surface area contributed by atoms with Gasteiger partial charge in [0.25, 0.3) is 0 Å². The molecule has 19 heavy (non-hydrogen) atoms. The van der Waals surface area contributed by atoms with E-state index < -0.39 is 0 Å². The second kappa shape index (κ2) is 4.89. The van der Waals surface area contributed by atoms with Gasteiger partial charge in [0.15, 0.2) is 11.5 Å². The Morgan fingerprint density at radius 2 is 2.16 bits per heavy atom. The Morgan fingerprint density at radius 1 is 1.21 bits per heavy atom. The van der Waals surface area contributed by atoms with E-state index in [9.17, 15) is 0 Å². The van der Waals surface area contributed by atoms with Crippen molar-refractivity contribution in [1.29, 1.82) is 0 Å². The second-order valence-electron chi connectivity index (χ2n) is 3.92. The smallest absolute Gasteiger partial charge is 0.227 e. The third kappa shape index (κ3) is 2.30. The summed E-state index contributed by atoms with van der Waals surface area (Å²) in [5.41, 5.74) is 2.35. The van der Waals surface area contributed by atoms with E-state index in [2.05, 4.69) is 35.6 Å². The molecule has 7 heteroatoms. The van der Waals surface area contributed by atoms with Crippen molar-refractivity contribution in [2.45, 2.75) is 6.54 Å². The first-order chi connectivity index (χ1) is 9.36. The number of aromatic amines is 1. The molecule has 0 spiro atoms. The Hall–Kier alpha value is -2.70. The van der Waals surface area contributed by atoms with Crippen LogP contribution in [0.3, 0.4) is 0 Å². The third-order valence-corrected chi connectivity index (χ3v) is 2.68. The summed E-state index contributed by atoms with van der Waals surface area (Å²) >= 11 is 0. The molecule has 0 amide bonds. The predicted octanol–water partition coefficient (Wildman–Crippen LogP) is 1.40. The summed E-state index contributed by atoms with van der Waals surface area (Å²) in [7, 11) is 1.81. The highest BCUT2D eigenvalue weighted by Crippen LogP contribution is 2.17. The van der Waals surface area contributed by atoms with Crippen LogP contribution >= 0.6 is 0 Å². The highest BCUT2D eigenvalue weighted by molar-refractivity contribution is 5.83. The lowest BCUT2D eigenvalue weighted by Gasteiger charge is -2.06. The van der Waals surface area contributed by atoms with Gasteiger partial charge in [-0.3, -0.25) is 4.98 Å². The SMILES string of the molecule is CNc1nc(NCc2ccccn2)nc2nc[nH]c12. The minimum absolute atomic E-state index is 0.523. The van der Waals surface area contributed by atoms with Gasteiger partial charge in [-0.2, -0.15) is 9.97 Å². The Morgan fingerprint density at radius 3 is 2.95 bits per heavy atom. The van der Waals surface area contributed by atoms with E-state index in [4.69, 9.17) is 0 Å². The van der Waals surface area contributed by atoms with E-state index in [1.54, 1.807) is 12.5 Å². The Bertz CT molecular complexity index is 677. The zero-order chi connectivity index (χ0) is 13.1. The molecule has 0 unspecified atom stereocenters. The Labute approximate surface area is 109 Å². The van der Waals surface area contributed by atoms with Crippen LogP contribution in [0.2, 0.25) is 0 Å². The van der Waals surface area contributed by atoms with Crippen LogP contribution in [-0.2, 0) is 6.54 Å². The molecule has 3 aromatic rings. The van der Waals surface area contributed by atoms with Gasteiger partial charge >= 0.3 is 0 Å². The lowest BCUT2D eigenvalue weighted by molar-refractivity contribution is 1.01. The summed E-state index contributed by atoms with van der Waals surface area (Å²) in [5.74, 6) is 1.24. The number of imidazole rings is 1. The number of H-pyrrole nitrogens is 1. The van der Waals surface area contributed by atoms with Crippen LogP contribution in [0, 0.1) is 0 Å². The molecule has 3 N–H and O–H groups in total. The zero-order valence-corrected chi connectivity index (χ0v) is 10.4. The monoisotopic (exact) mass is 255 g/mol. The maximum absolute atomic E-state index is 4.37. The molecule has 0 saturated carbocycles. The summed E-state index contributed by atoms with van der Waals surface area (Å²) in [6, 6.07) is 5.77. The van der Waals surface area contributed by atoms with Crippen LogP contribution < -0.4 is 10.6 Å². The summed E-state index contributed by atoms with van der Waals surface area (Å²) in [5, 5.41) is 6.16. The van der Waals surface area contributed by atoms with Gasteiger partial charge in [0.1, 0.15) is 5.52 Å². The van der Waals surface area contributed by atoms with Gasteiger partial charge in [0, 0.05) is 13.2 Å². The molecule has 0 aliphatic rings. The standard InChI is InChI=1S/C12H13N7/c1-13-10-9-11(17-7-16-9)19-12(18-10)15-6-8-4-2-3-5-14-8/h2-5,7H,6H2,1H3,(H3,13,15,16,17,18,19). The minimum Gasteiger partial charge on any atom is -0.371 e. The van der Waals surface area contributed by atoms with Gasteiger partial charge in [0.2, 0.25) is 5.95 Å². The van der Waals surface area contributed by atoms with Crippen LogP contribution in [0.1, 0.15) is 5.69 Å². The van der Waals surface area contributed by atoms with Crippen LogP contribution in [0.15, 0.2) is 30.7 Å². The molecule has 3 heterocycles. The molecular weight excluding hydrogens is 242 g/mol. The molecule has 3 aromatic heterocycles. The minimum atomic E-state index is 0.523. The van der Waals surface area contributed by atoms with Gasteiger partial charge in [0.05, 0.1) is 18.6 Å². The van der Waals surface area contributed by atoms with Gasteiger partial charge in [-0.15, -0.1) is 0 Å². The van der Waals surface area contributed by atoms with Gasteiger partial charge in [-0.1, -0.05) is 6.07 Å². The molecule has 0 aliphatic carbocycles. The molecule has 7 nitrogen and oxygen atoms in total. The van der Waals surface area contributed by atoms with E-state index in [0.717, 1.165) is 11.2 Å². The van der Waals surface area contributed by atoms with Crippen molar-refractivity contribution in [3.05, 3.63) is 36.4 Å². The van der Waals surface area contributed by atoms with Crippen molar-refractivity contribution >= 4 is 22.9 Å². The van der Waals surface area contributed by atoms with Crippen molar-refractivity contribution in [3.8, 4) is 0 Å². The number of pyridine rings is 1. The fraction of sp³-hybridized carbons (Fsp3) is 0.167. The van der Waals surface area contributed by atoms with E-state index in [1.807, 2.05) is 25.2 Å². The van der Waals surface area contributed by atoms with Crippen LogP contribution in [-0.4, -0.2) is 32.0 Å². The molecule has 0 radical (unpaired) electrons. The number of hydrogen-bond acceptors (Lipinski definition) is 6. The molecule has 3 rings (SSSR count). The Kier molecular flexibility index (Phi) is 2.93. The first kappa shape index (κ1) is 11.4. The van der Waals surface area contributed by atoms with Crippen molar-refractivity contribution in [2.75, 3.05) is 17.7 Å². The maximum Gasteiger partial charge on any atom is 0.227 e. The Balaban J connectivity index is 1.85. The second-order valence-corrected chi connectivity index (χ2v) is 3.92. The average molecular weight is 255 g/mol. The number of nitrogens with one attached hydrogen (secondary N) is 3. The molecule has 96 valence electrons. The van der Waals surface area contributed by atoms with E-state index in [1.165, 1.54) is 0 Å². The van der Waals surface area contributed by atoms with E-state index in [0.29, 0.717) is 24.0 Å². The molecule has 0 aromatic carbocycles. The van der Waals surface area contributed by atoms with E-state index >= 15 is 0 Å². The highest BCUT2D eigenvalue weighted by atomic mass is 15.2. The van der Waals surface area contributed by atoms with Gasteiger partial charge < -0.3 is 15.6 Å². The number of anilines is 2. The molecule has 0 fully saturated rings. The van der Waals surface area contributed by atoms with Crippen molar-refractivity contribution in [2.24, 2.45) is 0 Å². The fourth-order valence-corrected chi connectivity index (χ4v) is 1.77. The van der Waals surface area contributed by atoms with Crippen LogP contribution in [0.5, 0.6) is 0 Å². The highest BCUT2D eigenvalue weighted by Gasteiger charge is 2.08. The van der Waals surface area contributed by atoms with Crippen molar-refractivity contribution in [1.82, 2.24) is 24.9 Å². The number of fused-ring (bicyclic) bond motifs is 1. The van der Waals surface area contributed by atoms with Gasteiger partial charge in [-0.05, 0) is 12.1 Å². The number of rotatable bonds is 4. The first-order valence-electron chi connectivity index (χ1n) is 5.89.